The Hall–Kier alpha value is -4.63. The maximum absolute atomic E-state index is 6.24. The van der Waals surface area contributed by atoms with Gasteiger partial charge in [0.1, 0.15) is 17.3 Å². The van der Waals surface area contributed by atoms with E-state index in [1.165, 1.54) is 55.3 Å². The highest BCUT2D eigenvalue weighted by molar-refractivity contribution is 6.10. The largest absolute Gasteiger partial charge is 0.461 e. The van der Waals surface area contributed by atoms with Crippen LogP contribution in [0.3, 0.4) is 0 Å². The molecule has 2 aromatic heterocycles. The second kappa shape index (κ2) is 10.4. The minimum Gasteiger partial charge on any atom is -0.461 e. The van der Waals surface area contributed by atoms with Gasteiger partial charge in [0.2, 0.25) is 0 Å². The van der Waals surface area contributed by atoms with Crippen molar-refractivity contribution in [3.63, 3.8) is 0 Å². The number of allylic oxidation sites excluding steroid dienone is 7. The molecular weight excluding hydrogens is 500 g/mol. The second-order valence-corrected chi connectivity index (χ2v) is 11.0. The quantitative estimate of drug-likeness (QED) is 0.217. The highest BCUT2D eigenvalue weighted by atomic mass is 16.5. The lowest BCUT2D eigenvalue weighted by Crippen LogP contribution is -2.06. The Balaban J connectivity index is 1.34. The molecule has 5 aromatic rings. The van der Waals surface area contributed by atoms with Crippen molar-refractivity contribution in [2.75, 3.05) is 0 Å². The molecule has 202 valence electrons. The van der Waals surface area contributed by atoms with Gasteiger partial charge in [0.05, 0.1) is 11.0 Å². The summed E-state index contributed by atoms with van der Waals surface area (Å²) in [5.41, 5.74) is 11.1. The summed E-state index contributed by atoms with van der Waals surface area (Å²) in [6.45, 7) is 6.59. The maximum Gasteiger partial charge on any atom is 0.137 e. The van der Waals surface area contributed by atoms with Crippen LogP contribution in [0.1, 0.15) is 61.8 Å². The van der Waals surface area contributed by atoms with Gasteiger partial charge in [-0.1, -0.05) is 68.8 Å². The molecule has 3 heterocycles. The molecule has 0 N–H and O–H groups in total. The van der Waals surface area contributed by atoms with E-state index in [4.69, 9.17) is 9.72 Å². The summed E-state index contributed by atoms with van der Waals surface area (Å²) in [5, 5.41) is 2.46. The minimum absolute atomic E-state index is 0.814. The molecule has 0 saturated carbocycles. The Labute approximate surface area is 241 Å². The molecule has 0 atom stereocenters. The van der Waals surface area contributed by atoms with E-state index in [0.29, 0.717) is 0 Å². The normalized spacial score (nSPS) is 14.7. The summed E-state index contributed by atoms with van der Waals surface area (Å²) in [6, 6.07) is 26.2. The minimum atomic E-state index is 0.814. The number of para-hydroxylation sites is 1. The van der Waals surface area contributed by atoms with E-state index in [-0.39, 0.29) is 0 Å². The zero-order valence-corrected chi connectivity index (χ0v) is 23.9. The fraction of sp³-hybridized carbons (Fsp3) is 0.184. The third-order valence-corrected chi connectivity index (χ3v) is 8.26. The van der Waals surface area contributed by atoms with E-state index in [1.807, 2.05) is 6.20 Å². The van der Waals surface area contributed by atoms with Crippen LogP contribution in [0.4, 0.5) is 0 Å². The molecule has 3 nitrogen and oxygen atoms in total. The fourth-order valence-electron chi connectivity index (χ4n) is 6.39. The van der Waals surface area contributed by atoms with Gasteiger partial charge in [-0.05, 0) is 102 Å². The van der Waals surface area contributed by atoms with Crippen LogP contribution in [0.2, 0.25) is 0 Å². The van der Waals surface area contributed by atoms with Gasteiger partial charge < -0.3 is 4.74 Å². The summed E-state index contributed by atoms with van der Waals surface area (Å²) >= 11 is 0. The predicted molar refractivity (Wildman–Crippen MR) is 172 cm³/mol. The first-order valence-electron chi connectivity index (χ1n) is 14.7. The second-order valence-electron chi connectivity index (χ2n) is 11.0. The Kier molecular flexibility index (Phi) is 6.43. The first kappa shape index (κ1) is 25.3. The summed E-state index contributed by atoms with van der Waals surface area (Å²) in [4.78, 5) is 4.98. The number of aromatic nitrogens is 2. The molecule has 2 bridgehead atoms. The van der Waals surface area contributed by atoms with E-state index in [1.54, 1.807) is 0 Å². The Morgan fingerprint density at radius 2 is 1.80 bits per heavy atom. The zero-order valence-electron chi connectivity index (χ0n) is 23.9. The van der Waals surface area contributed by atoms with Gasteiger partial charge in [0.15, 0.2) is 0 Å². The Morgan fingerprint density at radius 3 is 2.63 bits per heavy atom. The van der Waals surface area contributed by atoms with Crippen molar-refractivity contribution < 1.29 is 4.74 Å². The van der Waals surface area contributed by atoms with Gasteiger partial charge in [-0.25, -0.2) is 4.98 Å². The summed E-state index contributed by atoms with van der Waals surface area (Å²) < 4.78 is 8.54. The van der Waals surface area contributed by atoms with E-state index in [2.05, 4.69) is 122 Å². The molecule has 0 unspecified atom stereocenters. The van der Waals surface area contributed by atoms with Crippen LogP contribution >= 0.6 is 0 Å². The van der Waals surface area contributed by atoms with Gasteiger partial charge in [-0.15, -0.1) is 0 Å². The van der Waals surface area contributed by atoms with Crippen molar-refractivity contribution in [3.8, 4) is 11.6 Å². The van der Waals surface area contributed by atoms with Gasteiger partial charge in [0, 0.05) is 29.0 Å². The first-order valence-corrected chi connectivity index (χ1v) is 14.7. The van der Waals surface area contributed by atoms with Crippen LogP contribution in [0.25, 0.3) is 44.3 Å². The first-order chi connectivity index (χ1) is 20.1. The molecule has 0 amide bonds. The van der Waals surface area contributed by atoms with E-state index < -0.39 is 0 Å². The molecule has 3 aromatic carbocycles. The lowest BCUT2D eigenvalue weighted by Gasteiger charge is -2.23. The summed E-state index contributed by atoms with van der Waals surface area (Å²) in [7, 11) is 0. The SMILES string of the molecule is CC/C=C(\CCC)c1ccc(-n2c3ccccc3c3cc(C4=CC=C5CC(=C4)c4c(C)cccc4O5)ccc32)nc1. The number of benzene rings is 3. The van der Waals surface area contributed by atoms with Gasteiger partial charge in [-0.3, -0.25) is 4.57 Å². The molecule has 2 aliphatic rings. The third kappa shape index (κ3) is 4.42. The molecule has 1 aliphatic heterocycles. The summed E-state index contributed by atoms with van der Waals surface area (Å²) in [6.07, 6.45) is 15.1. The van der Waals surface area contributed by atoms with Gasteiger partial charge >= 0.3 is 0 Å². The van der Waals surface area contributed by atoms with Crippen LogP contribution in [0.5, 0.6) is 5.75 Å². The van der Waals surface area contributed by atoms with Crippen LogP contribution < -0.4 is 4.74 Å². The molecule has 3 heteroatoms. The summed E-state index contributed by atoms with van der Waals surface area (Å²) in [5.74, 6) is 2.89. The van der Waals surface area contributed by atoms with Crippen molar-refractivity contribution in [3.05, 3.63) is 131 Å². The smallest absolute Gasteiger partial charge is 0.137 e. The Morgan fingerprint density at radius 1 is 0.927 bits per heavy atom. The predicted octanol–water partition coefficient (Wildman–Crippen LogP) is 10.2. The Bertz CT molecular complexity index is 1930. The number of fused-ring (bicyclic) bond motifs is 7. The number of ether oxygens (including phenoxy) is 1. The van der Waals surface area contributed by atoms with Crippen molar-refractivity contribution >= 4 is 38.5 Å². The number of nitrogens with zero attached hydrogens (tertiary/aromatic N) is 2. The molecule has 0 spiro atoms. The monoisotopic (exact) mass is 534 g/mol. The van der Waals surface area contributed by atoms with Crippen molar-refractivity contribution in [2.45, 2.75) is 46.5 Å². The van der Waals surface area contributed by atoms with Crippen molar-refractivity contribution in [1.29, 1.82) is 0 Å². The van der Waals surface area contributed by atoms with Crippen LogP contribution in [-0.4, -0.2) is 9.55 Å². The molecule has 0 saturated heterocycles. The standard InChI is InChI=1S/C38H34N2O/c1-4-9-26(10-5-2)29-17-20-37(39-24-29)40-34-13-7-6-12-32(34)33-23-28(16-19-35(33)40)27-15-18-31-22-30(21-27)38-25(3)11-8-14-36(38)41-31/h6-9,11-21,23-24H,4-5,10,22H2,1-3H3/b26-9+. The average molecular weight is 535 g/mol. The number of rotatable bonds is 6. The molecule has 0 radical (unpaired) electrons. The van der Waals surface area contributed by atoms with Gasteiger partial charge in [0.25, 0.3) is 0 Å². The number of pyridine rings is 1. The topological polar surface area (TPSA) is 27.1 Å². The molecule has 41 heavy (non-hydrogen) atoms. The third-order valence-electron chi connectivity index (χ3n) is 8.26. The van der Waals surface area contributed by atoms with E-state index in [0.717, 1.165) is 48.5 Å². The van der Waals surface area contributed by atoms with Crippen molar-refractivity contribution in [1.82, 2.24) is 9.55 Å². The average Bonchev–Trinajstić information content (AvgIpc) is 3.22. The highest BCUT2D eigenvalue weighted by Gasteiger charge is 2.23. The van der Waals surface area contributed by atoms with E-state index >= 15 is 0 Å². The lowest BCUT2D eigenvalue weighted by molar-refractivity contribution is 0.406. The number of hydrogen-bond donors (Lipinski definition) is 0. The maximum atomic E-state index is 6.24. The van der Waals surface area contributed by atoms with Crippen molar-refractivity contribution in [2.24, 2.45) is 0 Å². The van der Waals surface area contributed by atoms with Gasteiger partial charge in [-0.2, -0.15) is 0 Å². The van der Waals surface area contributed by atoms with Crippen LogP contribution in [-0.2, 0) is 0 Å². The fourth-order valence-corrected chi connectivity index (χ4v) is 6.39. The molecule has 0 fully saturated rings. The molecule has 1 aliphatic carbocycles. The zero-order chi connectivity index (χ0) is 27.9. The van der Waals surface area contributed by atoms with E-state index in [9.17, 15) is 0 Å². The molecular formula is C38H34N2O. The number of aryl methyl sites for hydroxylation is 1. The highest BCUT2D eigenvalue weighted by Crippen LogP contribution is 2.43. The van der Waals surface area contributed by atoms with Crippen LogP contribution in [0, 0.1) is 6.92 Å². The number of hydrogen-bond acceptors (Lipinski definition) is 2. The lowest BCUT2D eigenvalue weighted by atomic mass is 9.92. The van der Waals surface area contributed by atoms with Crippen LogP contribution in [0.15, 0.2) is 109 Å². The molecule has 7 rings (SSSR count).